The van der Waals surface area contributed by atoms with Gasteiger partial charge < -0.3 is 0 Å². The van der Waals surface area contributed by atoms with E-state index in [0.29, 0.717) is 0 Å². The molecule has 0 unspecified atom stereocenters. The van der Waals surface area contributed by atoms with E-state index in [1.807, 2.05) is 53.2 Å². The van der Waals surface area contributed by atoms with Gasteiger partial charge in [-0.3, -0.25) is 9.97 Å². The standard InChI is InChI=1S/C20H15N5S/c1-2-7-16(8-3-1)19-15-26-20(24-18-10-6-11-21-13-18)25(19)23-14-17-9-4-5-12-22-17/h1-15H. The van der Waals surface area contributed by atoms with Crippen molar-refractivity contribution in [2.45, 2.75) is 0 Å². The van der Waals surface area contributed by atoms with Gasteiger partial charge in [-0.1, -0.05) is 36.4 Å². The summed E-state index contributed by atoms with van der Waals surface area (Å²) in [6.07, 6.45) is 6.95. The molecule has 0 aliphatic carbocycles. The zero-order valence-corrected chi connectivity index (χ0v) is 14.6. The van der Waals surface area contributed by atoms with Crippen LogP contribution in [-0.4, -0.2) is 20.9 Å². The highest BCUT2D eigenvalue weighted by Crippen LogP contribution is 2.20. The van der Waals surface area contributed by atoms with Crippen molar-refractivity contribution < 1.29 is 0 Å². The summed E-state index contributed by atoms with van der Waals surface area (Å²) in [5.41, 5.74) is 3.63. The summed E-state index contributed by atoms with van der Waals surface area (Å²) < 4.78 is 1.84. The molecule has 0 bridgehead atoms. The van der Waals surface area contributed by atoms with Gasteiger partial charge in [0.1, 0.15) is 0 Å². The molecule has 0 amide bonds. The van der Waals surface area contributed by atoms with Gasteiger partial charge in [0, 0.05) is 23.3 Å². The Morgan fingerprint density at radius 2 is 1.81 bits per heavy atom. The quantitative estimate of drug-likeness (QED) is 0.516. The molecule has 0 atom stereocenters. The molecule has 3 aromatic heterocycles. The van der Waals surface area contributed by atoms with Crippen LogP contribution in [0.3, 0.4) is 0 Å². The van der Waals surface area contributed by atoms with Gasteiger partial charge in [-0.25, -0.2) is 9.67 Å². The van der Waals surface area contributed by atoms with Crippen molar-refractivity contribution in [2.75, 3.05) is 0 Å². The van der Waals surface area contributed by atoms with Crippen molar-refractivity contribution in [1.82, 2.24) is 14.6 Å². The summed E-state index contributed by atoms with van der Waals surface area (Å²) in [7, 11) is 0. The Kier molecular flexibility index (Phi) is 4.75. The fraction of sp³-hybridized carbons (Fsp3) is 0. The van der Waals surface area contributed by atoms with E-state index in [4.69, 9.17) is 0 Å². The molecule has 0 saturated heterocycles. The zero-order chi connectivity index (χ0) is 17.6. The van der Waals surface area contributed by atoms with Gasteiger partial charge in [0.15, 0.2) is 0 Å². The molecule has 0 aliphatic rings. The van der Waals surface area contributed by atoms with Gasteiger partial charge >= 0.3 is 0 Å². The number of aromatic nitrogens is 3. The highest BCUT2D eigenvalue weighted by Gasteiger charge is 2.07. The molecule has 4 rings (SSSR count). The molecule has 6 heteroatoms. The van der Waals surface area contributed by atoms with Crippen molar-refractivity contribution >= 4 is 23.2 Å². The van der Waals surface area contributed by atoms with Crippen molar-refractivity contribution in [2.24, 2.45) is 10.1 Å². The van der Waals surface area contributed by atoms with Gasteiger partial charge in [0.2, 0.25) is 4.80 Å². The van der Waals surface area contributed by atoms with Crippen LogP contribution >= 0.6 is 11.3 Å². The lowest BCUT2D eigenvalue weighted by molar-refractivity contribution is 0.853. The van der Waals surface area contributed by atoms with Gasteiger partial charge in [-0.15, -0.1) is 11.3 Å². The first-order valence-electron chi connectivity index (χ1n) is 8.06. The molecule has 3 heterocycles. The van der Waals surface area contributed by atoms with Crippen LogP contribution in [0.25, 0.3) is 11.3 Å². The third kappa shape index (κ3) is 3.65. The van der Waals surface area contributed by atoms with E-state index < -0.39 is 0 Å². The molecule has 0 aliphatic heterocycles. The molecular weight excluding hydrogens is 342 g/mol. The zero-order valence-electron chi connectivity index (χ0n) is 13.8. The van der Waals surface area contributed by atoms with Gasteiger partial charge in [-0.05, 0) is 24.3 Å². The van der Waals surface area contributed by atoms with E-state index in [2.05, 4.69) is 37.6 Å². The van der Waals surface area contributed by atoms with Gasteiger partial charge in [0.25, 0.3) is 0 Å². The van der Waals surface area contributed by atoms with E-state index in [-0.39, 0.29) is 0 Å². The van der Waals surface area contributed by atoms with E-state index in [1.54, 1.807) is 24.8 Å². The van der Waals surface area contributed by atoms with Crippen molar-refractivity contribution in [3.63, 3.8) is 0 Å². The minimum Gasteiger partial charge on any atom is -0.262 e. The molecule has 26 heavy (non-hydrogen) atoms. The predicted molar refractivity (Wildman–Crippen MR) is 104 cm³/mol. The van der Waals surface area contributed by atoms with E-state index in [1.165, 1.54) is 11.3 Å². The summed E-state index contributed by atoms with van der Waals surface area (Å²) >= 11 is 1.54. The van der Waals surface area contributed by atoms with Crippen LogP contribution in [0.2, 0.25) is 0 Å². The Balaban J connectivity index is 1.84. The average molecular weight is 357 g/mol. The Labute approximate surface area is 154 Å². The van der Waals surface area contributed by atoms with Crippen molar-refractivity contribution in [1.29, 1.82) is 0 Å². The van der Waals surface area contributed by atoms with Crippen LogP contribution in [-0.2, 0) is 0 Å². The predicted octanol–water partition coefficient (Wildman–Crippen LogP) is 4.12. The molecule has 1 aromatic carbocycles. The smallest absolute Gasteiger partial charge is 0.211 e. The first-order valence-corrected chi connectivity index (χ1v) is 8.94. The lowest BCUT2D eigenvalue weighted by atomic mass is 10.2. The van der Waals surface area contributed by atoms with Crippen LogP contribution in [0.4, 0.5) is 5.69 Å². The molecule has 126 valence electrons. The lowest BCUT2D eigenvalue weighted by Crippen LogP contribution is -2.11. The largest absolute Gasteiger partial charge is 0.262 e. The number of hydrogen-bond donors (Lipinski definition) is 0. The fourth-order valence-electron chi connectivity index (χ4n) is 2.40. The second-order valence-corrected chi connectivity index (χ2v) is 6.24. The number of benzene rings is 1. The highest BCUT2D eigenvalue weighted by atomic mass is 32.1. The third-order valence-corrected chi connectivity index (χ3v) is 4.43. The number of hydrogen-bond acceptors (Lipinski definition) is 5. The minimum atomic E-state index is 0.768. The molecule has 5 nitrogen and oxygen atoms in total. The first-order chi connectivity index (χ1) is 12.9. The number of thiazole rings is 1. The Bertz CT molecular complexity index is 1070. The SMILES string of the molecule is C(=Nn1c(-c2ccccc2)csc1=Nc1cccnc1)c1ccccn1. The molecule has 0 radical (unpaired) electrons. The maximum atomic E-state index is 4.68. The average Bonchev–Trinajstić information content (AvgIpc) is 3.11. The third-order valence-electron chi connectivity index (χ3n) is 3.62. The normalized spacial score (nSPS) is 11.9. The van der Waals surface area contributed by atoms with E-state index >= 15 is 0 Å². The van der Waals surface area contributed by atoms with Crippen molar-refractivity contribution in [3.05, 3.63) is 95.1 Å². The summed E-state index contributed by atoms with van der Waals surface area (Å²) in [4.78, 5) is 13.9. The van der Waals surface area contributed by atoms with E-state index in [0.717, 1.165) is 27.4 Å². The van der Waals surface area contributed by atoms with E-state index in [9.17, 15) is 0 Å². The second-order valence-electron chi connectivity index (χ2n) is 5.40. The molecule has 0 spiro atoms. The van der Waals surface area contributed by atoms with Crippen LogP contribution in [0.15, 0.2) is 94.7 Å². The van der Waals surface area contributed by atoms with Crippen LogP contribution in [0.5, 0.6) is 0 Å². The molecule has 0 saturated carbocycles. The number of pyridine rings is 2. The van der Waals surface area contributed by atoms with Crippen LogP contribution < -0.4 is 4.80 Å². The maximum absolute atomic E-state index is 4.68. The van der Waals surface area contributed by atoms with Crippen LogP contribution in [0.1, 0.15) is 5.69 Å². The topological polar surface area (TPSA) is 55.4 Å². The minimum absolute atomic E-state index is 0.768. The highest BCUT2D eigenvalue weighted by molar-refractivity contribution is 7.07. The molecule has 4 aromatic rings. The van der Waals surface area contributed by atoms with Crippen molar-refractivity contribution in [3.8, 4) is 11.3 Å². The summed E-state index contributed by atoms with van der Waals surface area (Å²) in [5.74, 6) is 0. The van der Waals surface area contributed by atoms with Gasteiger partial charge in [-0.2, -0.15) is 5.10 Å². The molecular formula is C20H15N5S. The number of rotatable bonds is 4. The summed E-state index contributed by atoms with van der Waals surface area (Å²) in [6.45, 7) is 0. The van der Waals surface area contributed by atoms with Gasteiger partial charge in [0.05, 0.1) is 29.5 Å². The summed E-state index contributed by atoms with van der Waals surface area (Å²) in [5, 5.41) is 6.69. The Morgan fingerprint density at radius 1 is 0.923 bits per heavy atom. The maximum Gasteiger partial charge on any atom is 0.211 e. The second kappa shape index (κ2) is 7.67. The Morgan fingerprint density at radius 3 is 2.58 bits per heavy atom. The fourth-order valence-corrected chi connectivity index (χ4v) is 3.25. The van der Waals surface area contributed by atoms with Crippen LogP contribution in [0, 0.1) is 0 Å². The summed E-state index contributed by atoms with van der Waals surface area (Å²) in [6, 6.07) is 19.7. The lowest BCUT2D eigenvalue weighted by Gasteiger charge is -2.03. The first kappa shape index (κ1) is 16.1. The monoisotopic (exact) mass is 357 g/mol. The number of nitrogens with zero attached hydrogens (tertiary/aromatic N) is 5. The Hall–Kier alpha value is -3.38. The molecule has 0 fully saturated rings. The molecule has 0 N–H and O–H groups in total.